The summed E-state index contributed by atoms with van der Waals surface area (Å²) in [6, 6.07) is 1.69. The fraction of sp³-hybridized carbons (Fsp3) is 0.789. The summed E-state index contributed by atoms with van der Waals surface area (Å²) in [6.45, 7) is 8.89. The molecule has 0 saturated carbocycles. The van der Waals surface area contributed by atoms with Crippen molar-refractivity contribution >= 4 is 0 Å². The average Bonchev–Trinajstić information content (AvgIpc) is 2.69. The molecule has 1 heterocycles. The highest BCUT2D eigenvalue weighted by Gasteiger charge is 2.31. The van der Waals surface area contributed by atoms with Crippen LogP contribution in [0.2, 0.25) is 0 Å². The molecule has 0 saturated heterocycles. The van der Waals surface area contributed by atoms with Gasteiger partial charge >= 0.3 is 0 Å². The van der Waals surface area contributed by atoms with Gasteiger partial charge in [-0.05, 0) is 31.4 Å². The Morgan fingerprint density at radius 2 is 1.52 bits per heavy atom. The molecule has 0 aromatic carbocycles. The molecule has 1 nitrogen and oxygen atoms in total. The lowest BCUT2D eigenvalue weighted by Gasteiger charge is -2.32. The zero-order chi connectivity index (χ0) is 15.9. The van der Waals surface area contributed by atoms with E-state index >= 15 is 0 Å². The van der Waals surface area contributed by atoms with Gasteiger partial charge in [-0.2, -0.15) is 4.39 Å². The number of rotatable bonds is 10. The molecule has 1 atom stereocenters. The molecule has 0 amide bonds. The molecule has 0 aliphatic carbocycles. The van der Waals surface area contributed by atoms with E-state index in [4.69, 9.17) is 0 Å². The molecule has 0 bridgehead atoms. The van der Waals surface area contributed by atoms with E-state index in [1.165, 1.54) is 63.5 Å². The third-order valence-corrected chi connectivity index (χ3v) is 4.85. The second kappa shape index (κ2) is 8.60. The summed E-state index contributed by atoms with van der Waals surface area (Å²) in [5.41, 5.74) is 2.45. The Morgan fingerprint density at radius 3 is 2.00 bits per heavy atom. The highest BCUT2D eigenvalue weighted by atomic mass is 19.1. The maximum absolute atomic E-state index is 13.9. The molecule has 21 heavy (non-hydrogen) atoms. The minimum absolute atomic E-state index is 0.0993. The maximum atomic E-state index is 13.9. The lowest BCUT2D eigenvalue weighted by Crippen LogP contribution is -2.26. The molecule has 0 radical (unpaired) electrons. The summed E-state index contributed by atoms with van der Waals surface area (Å²) >= 11 is 0. The van der Waals surface area contributed by atoms with Gasteiger partial charge in [0.25, 0.3) is 0 Å². The highest BCUT2D eigenvalue weighted by Crippen LogP contribution is 2.38. The van der Waals surface area contributed by atoms with E-state index in [9.17, 15) is 4.39 Å². The van der Waals surface area contributed by atoms with Gasteiger partial charge in [-0.15, -0.1) is 0 Å². The Hall–Kier alpha value is -0.790. The topological polar surface area (TPSA) is 4.93 Å². The standard InChI is InChI=1S/C19H34FN/c1-6-8-10-12-14-19(4,13-11-9-7-2)18-16(3)15-17(20)21(18)5/h15H,6-14H2,1-5H3. The largest absolute Gasteiger partial charge is 0.324 e. The second-order valence-electron chi connectivity index (χ2n) is 6.89. The molecular weight excluding hydrogens is 261 g/mol. The van der Waals surface area contributed by atoms with E-state index < -0.39 is 0 Å². The Bertz CT molecular complexity index is 421. The first-order chi connectivity index (χ1) is 9.96. The van der Waals surface area contributed by atoms with Crippen molar-refractivity contribution in [3.63, 3.8) is 0 Å². The van der Waals surface area contributed by atoms with Crippen molar-refractivity contribution in [1.29, 1.82) is 0 Å². The minimum atomic E-state index is -0.0993. The summed E-state index contributed by atoms with van der Waals surface area (Å²) in [5.74, 6) is -0.0993. The Morgan fingerprint density at radius 1 is 1.00 bits per heavy atom. The van der Waals surface area contributed by atoms with E-state index in [0.717, 1.165) is 5.56 Å². The summed E-state index contributed by atoms with van der Waals surface area (Å²) < 4.78 is 15.7. The smallest absolute Gasteiger partial charge is 0.193 e. The Kier molecular flexibility index (Phi) is 7.48. The van der Waals surface area contributed by atoms with Crippen molar-refractivity contribution in [2.45, 2.75) is 90.9 Å². The SMILES string of the molecule is CCCCCCC(C)(CCCCC)c1c(C)cc(F)n1C. The van der Waals surface area contributed by atoms with Crippen LogP contribution in [-0.4, -0.2) is 4.57 Å². The summed E-state index contributed by atoms with van der Waals surface area (Å²) in [7, 11) is 1.88. The van der Waals surface area contributed by atoms with Gasteiger partial charge in [-0.25, -0.2) is 0 Å². The number of nitrogens with zero attached hydrogens (tertiary/aromatic N) is 1. The highest BCUT2D eigenvalue weighted by molar-refractivity contribution is 5.29. The lowest BCUT2D eigenvalue weighted by atomic mass is 9.75. The molecule has 0 aliphatic heterocycles. The molecule has 0 aliphatic rings. The van der Waals surface area contributed by atoms with Crippen LogP contribution in [0.1, 0.15) is 89.8 Å². The molecule has 1 aromatic rings. The summed E-state index contributed by atoms with van der Waals surface area (Å²) in [6.07, 6.45) is 11.2. The van der Waals surface area contributed by atoms with Crippen molar-refractivity contribution in [3.05, 3.63) is 23.3 Å². The second-order valence-corrected chi connectivity index (χ2v) is 6.89. The first-order valence-electron chi connectivity index (χ1n) is 8.78. The third kappa shape index (κ3) is 4.86. The molecular formula is C19H34FN. The fourth-order valence-electron chi connectivity index (χ4n) is 3.66. The van der Waals surface area contributed by atoms with Gasteiger partial charge in [0.2, 0.25) is 0 Å². The molecule has 1 unspecified atom stereocenters. The summed E-state index contributed by atoms with van der Waals surface area (Å²) in [5, 5.41) is 0. The zero-order valence-electron chi connectivity index (χ0n) is 14.8. The zero-order valence-corrected chi connectivity index (χ0v) is 14.8. The van der Waals surface area contributed by atoms with Gasteiger partial charge in [0.1, 0.15) is 0 Å². The van der Waals surface area contributed by atoms with Crippen LogP contribution in [0.5, 0.6) is 0 Å². The predicted octanol–water partition coefficient (Wildman–Crippen LogP) is 6.28. The van der Waals surface area contributed by atoms with Gasteiger partial charge in [0.15, 0.2) is 5.95 Å². The third-order valence-electron chi connectivity index (χ3n) is 4.85. The van der Waals surface area contributed by atoms with Crippen molar-refractivity contribution in [1.82, 2.24) is 4.57 Å². The van der Waals surface area contributed by atoms with Crippen LogP contribution in [0.25, 0.3) is 0 Å². The number of aromatic nitrogens is 1. The quantitative estimate of drug-likeness (QED) is 0.448. The first-order valence-corrected chi connectivity index (χ1v) is 8.78. The van der Waals surface area contributed by atoms with Crippen LogP contribution >= 0.6 is 0 Å². The monoisotopic (exact) mass is 295 g/mol. The van der Waals surface area contributed by atoms with Crippen LogP contribution in [0.4, 0.5) is 4.39 Å². The average molecular weight is 295 g/mol. The van der Waals surface area contributed by atoms with Crippen molar-refractivity contribution in [2.75, 3.05) is 0 Å². The number of aryl methyl sites for hydroxylation is 1. The van der Waals surface area contributed by atoms with Crippen LogP contribution in [0, 0.1) is 12.9 Å². The number of hydrogen-bond acceptors (Lipinski definition) is 0. The molecule has 0 spiro atoms. The van der Waals surface area contributed by atoms with Crippen LogP contribution in [0.15, 0.2) is 6.07 Å². The van der Waals surface area contributed by atoms with Gasteiger partial charge in [-0.1, -0.05) is 65.7 Å². The lowest BCUT2D eigenvalue weighted by molar-refractivity contribution is 0.340. The fourth-order valence-corrected chi connectivity index (χ4v) is 3.66. The van der Waals surface area contributed by atoms with Crippen molar-refractivity contribution in [2.24, 2.45) is 7.05 Å². The van der Waals surface area contributed by atoms with Crippen molar-refractivity contribution < 1.29 is 4.39 Å². The van der Waals surface area contributed by atoms with E-state index in [1.807, 2.05) is 7.05 Å². The van der Waals surface area contributed by atoms with Gasteiger partial charge in [0, 0.05) is 18.2 Å². The summed E-state index contributed by atoms with van der Waals surface area (Å²) in [4.78, 5) is 0. The number of hydrogen-bond donors (Lipinski definition) is 0. The first kappa shape index (κ1) is 18.3. The number of unbranched alkanes of at least 4 members (excludes halogenated alkanes) is 5. The predicted molar refractivity (Wildman–Crippen MR) is 90.4 cm³/mol. The van der Waals surface area contributed by atoms with Crippen LogP contribution < -0.4 is 0 Å². The molecule has 122 valence electrons. The Labute approximate surface area is 130 Å². The van der Waals surface area contributed by atoms with Gasteiger partial charge in [-0.3, -0.25) is 0 Å². The maximum Gasteiger partial charge on any atom is 0.193 e. The Balaban J connectivity index is 2.88. The minimum Gasteiger partial charge on any atom is -0.324 e. The van der Waals surface area contributed by atoms with Crippen molar-refractivity contribution in [3.8, 4) is 0 Å². The van der Waals surface area contributed by atoms with Gasteiger partial charge < -0.3 is 4.57 Å². The van der Waals surface area contributed by atoms with E-state index in [-0.39, 0.29) is 11.4 Å². The molecule has 1 rings (SSSR count). The molecule has 0 N–H and O–H groups in total. The normalized spacial score (nSPS) is 14.4. The molecule has 0 fully saturated rings. The van der Waals surface area contributed by atoms with E-state index in [1.54, 1.807) is 10.6 Å². The molecule has 2 heteroatoms. The molecule has 1 aromatic heterocycles. The van der Waals surface area contributed by atoms with Gasteiger partial charge in [0.05, 0.1) is 0 Å². The van der Waals surface area contributed by atoms with E-state index in [0.29, 0.717) is 0 Å². The van der Waals surface area contributed by atoms with Crippen LogP contribution in [0.3, 0.4) is 0 Å². The van der Waals surface area contributed by atoms with Crippen LogP contribution in [-0.2, 0) is 12.5 Å². The number of halogens is 1. The van der Waals surface area contributed by atoms with E-state index in [2.05, 4.69) is 27.7 Å².